The van der Waals surface area contributed by atoms with Crippen molar-refractivity contribution in [2.24, 2.45) is 0 Å². The highest BCUT2D eigenvalue weighted by atomic mass is 32.2. The molecular weight excluding hydrogens is 472 g/mol. The fourth-order valence-electron chi connectivity index (χ4n) is 4.08. The van der Waals surface area contributed by atoms with Gasteiger partial charge in [0, 0.05) is 47.2 Å². The van der Waals surface area contributed by atoms with E-state index >= 15 is 0 Å². The van der Waals surface area contributed by atoms with Crippen LogP contribution in [0.3, 0.4) is 0 Å². The normalized spacial score (nSPS) is 16.9. The van der Waals surface area contributed by atoms with Gasteiger partial charge in [-0.15, -0.1) is 11.3 Å². The van der Waals surface area contributed by atoms with Gasteiger partial charge in [0.25, 0.3) is 21.8 Å². The third kappa shape index (κ3) is 4.46. The first kappa shape index (κ1) is 22.3. The Morgan fingerprint density at radius 1 is 1.09 bits per heavy atom. The van der Waals surface area contributed by atoms with Crippen LogP contribution in [0.15, 0.2) is 58.9 Å². The van der Waals surface area contributed by atoms with Gasteiger partial charge in [0.15, 0.2) is 0 Å². The van der Waals surface area contributed by atoms with Crippen LogP contribution in [0.25, 0.3) is 11.6 Å². The summed E-state index contributed by atoms with van der Waals surface area (Å²) in [7, 11) is -3.92. The molecule has 2 amide bonds. The molecule has 0 atom stereocenters. The molecule has 2 aromatic carbocycles. The molecule has 1 fully saturated rings. The minimum absolute atomic E-state index is 0.0289. The quantitative estimate of drug-likeness (QED) is 0.520. The first-order valence-corrected chi connectivity index (χ1v) is 13.3. The summed E-state index contributed by atoms with van der Waals surface area (Å²) in [6.45, 7) is 1.50. The Balaban J connectivity index is 1.36. The third-order valence-electron chi connectivity index (χ3n) is 5.83. The molecule has 1 saturated heterocycles. The van der Waals surface area contributed by atoms with Gasteiger partial charge >= 0.3 is 0 Å². The average molecular weight is 495 g/mol. The van der Waals surface area contributed by atoms with Crippen LogP contribution in [-0.4, -0.2) is 43.2 Å². The van der Waals surface area contributed by atoms with Gasteiger partial charge in [0.1, 0.15) is 5.01 Å². The van der Waals surface area contributed by atoms with Gasteiger partial charge in [-0.1, -0.05) is 0 Å². The number of sulfonamides is 1. The predicted molar refractivity (Wildman–Crippen MR) is 132 cm³/mol. The standard InChI is InChI=1S/C24H22N4O4S2/c29-23-20(15-22-25-10-13-33-22)19-14-18(8-9-21(19)26-23)34(31,32)27-17-6-4-16(5-7-17)24(30)28-11-2-1-3-12-28/h4-10,13-15,27H,1-3,11-12H2,(H,26,29)/b20-15+. The molecule has 0 saturated carbocycles. The summed E-state index contributed by atoms with van der Waals surface area (Å²) in [6.07, 6.45) is 6.44. The van der Waals surface area contributed by atoms with E-state index in [-0.39, 0.29) is 16.7 Å². The average Bonchev–Trinajstić information content (AvgIpc) is 3.47. The molecule has 174 valence electrons. The number of hydrogen-bond acceptors (Lipinski definition) is 6. The Hall–Kier alpha value is -3.50. The topological polar surface area (TPSA) is 108 Å². The molecule has 3 heterocycles. The lowest BCUT2D eigenvalue weighted by atomic mass is 10.1. The van der Waals surface area contributed by atoms with E-state index in [1.807, 2.05) is 4.90 Å². The lowest BCUT2D eigenvalue weighted by Gasteiger charge is -2.26. The van der Waals surface area contributed by atoms with Crippen LogP contribution in [-0.2, 0) is 14.8 Å². The summed E-state index contributed by atoms with van der Waals surface area (Å²) in [5.74, 6) is -0.342. The molecule has 2 N–H and O–H groups in total. The van der Waals surface area contributed by atoms with Gasteiger partial charge in [-0.05, 0) is 67.8 Å². The molecule has 10 heteroatoms. The second-order valence-corrected chi connectivity index (χ2v) is 10.7. The third-order valence-corrected chi connectivity index (χ3v) is 7.93. The van der Waals surface area contributed by atoms with Crippen molar-refractivity contribution in [3.8, 4) is 0 Å². The lowest BCUT2D eigenvalue weighted by Crippen LogP contribution is -2.35. The van der Waals surface area contributed by atoms with Gasteiger partial charge in [-0.3, -0.25) is 14.3 Å². The van der Waals surface area contributed by atoms with Gasteiger partial charge in [0.2, 0.25) is 0 Å². The lowest BCUT2D eigenvalue weighted by molar-refractivity contribution is -0.110. The first-order valence-electron chi connectivity index (χ1n) is 10.9. The molecule has 8 nitrogen and oxygen atoms in total. The number of nitrogens with zero attached hydrogens (tertiary/aromatic N) is 2. The number of amides is 2. The molecule has 5 rings (SSSR count). The molecule has 2 aliphatic rings. The van der Waals surface area contributed by atoms with Crippen molar-refractivity contribution < 1.29 is 18.0 Å². The van der Waals surface area contributed by atoms with E-state index < -0.39 is 10.0 Å². The van der Waals surface area contributed by atoms with Crippen molar-refractivity contribution in [1.29, 1.82) is 0 Å². The minimum atomic E-state index is -3.92. The molecule has 0 bridgehead atoms. The number of benzene rings is 2. The predicted octanol–water partition coefficient (Wildman–Crippen LogP) is 4.06. The highest BCUT2D eigenvalue weighted by Gasteiger charge is 2.27. The largest absolute Gasteiger partial charge is 0.339 e. The summed E-state index contributed by atoms with van der Waals surface area (Å²) in [4.78, 5) is 31.1. The van der Waals surface area contributed by atoms with Crippen molar-refractivity contribution >= 4 is 56.2 Å². The van der Waals surface area contributed by atoms with Crippen LogP contribution in [0.2, 0.25) is 0 Å². The van der Waals surface area contributed by atoms with E-state index in [4.69, 9.17) is 0 Å². The Morgan fingerprint density at radius 2 is 1.85 bits per heavy atom. The number of anilines is 2. The number of carbonyl (C=O) groups excluding carboxylic acids is 2. The van der Waals surface area contributed by atoms with E-state index in [0.29, 0.717) is 33.1 Å². The molecule has 3 aromatic rings. The maximum Gasteiger partial charge on any atom is 0.261 e. The van der Waals surface area contributed by atoms with Crippen molar-refractivity contribution in [2.75, 3.05) is 23.1 Å². The second kappa shape index (κ2) is 9.03. The van der Waals surface area contributed by atoms with Crippen LogP contribution in [0, 0.1) is 0 Å². The smallest absolute Gasteiger partial charge is 0.261 e. The fraction of sp³-hybridized carbons (Fsp3) is 0.208. The molecule has 1 aromatic heterocycles. The van der Waals surface area contributed by atoms with Crippen molar-refractivity contribution in [3.05, 3.63) is 70.2 Å². The summed E-state index contributed by atoms with van der Waals surface area (Å²) >= 11 is 1.38. The summed E-state index contributed by atoms with van der Waals surface area (Å²) in [5.41, 5.74) is 2.30. The number of piperidine rings is 1. The first-order chi connectivity index (χ1) is 16.4. The van der Waals surface area contributed by atoms with Crippen LogP contribution in [0.5, 0.6) is 0 Å². The molecule has 0 spiro atoms. The highest BCUT2D eigenvalue weighted by Crippen LogP contribution is 2.35. The van der Waals surface area contributed by atoms with E-state index in [0.717, 1.165) is 32.4 Å². The molecule has 0 aliphatic carbocycles. The van der Waals surface area contributed by atoms with Crippen LogP contribution in [0.1, 0.15) is 40.2 Å². The number of thiazole rings is 1. The Bertz CT molecular complexity index is 1370. The van der Waals surface area contributed by atoms with Crippen molar-refractivity contribution in [2.45, 2.75) is 24.2 Å². The summed E-state index contributed by atoms with van der Waals surface area (Å²) in [6, 6.07) is 10.9. The Labute approximate surface area is 201 Å². The maximum atomic E-state index is 13.1. The van der Waals surface area contributed by atoms with Crippen molar-refractivity contribution in [3.63, 3.8) is 0 Å². The van der Waals surface area contributed by atoms with Gasteiger partial charge < -0.3 is 10.2 Å². The van der Waals surface area contributed by atoms with Crippen LogP contribution >= 0.6 is 11.3 Å². The van der Waals surface area contributed by atoms with E-state index in [1.165, 1.54) is 23.5 Å². The Morgan fingerprint density at radius 3 is 2.56 bits per heavy atom. The zero-order chi connectivity index (χ0) is 23.7. The maximum absolute atomic E-state index is 13.1. The molecular formula is C24H22N4O4S2. The summed E-state index contributed by atoms with van der Waals surface area (Å²) in [5, 5.41) is 5.21. The SMILES string of the molecule is O=C1Nc2ccc(S(=O)(=O)Nc3ccc(C(=O)N4CCCCC4)cc3)cc2/C1=C\c1nccs1. The number of hydrogen-bond donors (Lipinski definition) is 2. The fourth-order valence-corrected chi connectivity index (χ4v) is 5.73. The highest BCUT2D eigenvalue weighted by molar-refractivity contribution is 7.92. The zero-order valence-corrected chi connectivity index (χ0v) is 19.8. The molecule has 2 aliphatic heterocycles. The van der Waals surface area contributed by atoms with Crippen LogP contribution in [0.4, 0.5) is 11.4 Å². The van der Waals surface area contributed by atoms with E-state index in [9.17, 15) is 18.0 Å². The second-order valence-electron chi connectivity index (χ2n) is 8.13. The number of carbonyl (C=O) groups is 2. The number of rotatable bonds is 5. The monoisotopic (exact) mass is 494 g/mol. The van der Waals surface area contributed by atoms with Gasteiger partial charge in [-0.2, -0.15) is 0 Å². The van der Waals surface area contributed by atoms with Gasteiger partial charge in [-0.25, -0.2) is 13.4 Å². The molecule has 34 heavy (non-hydrogen) atoms. The zero-order valence-electron chi connectivity index (χ0n) is 18.2. The van der Waals surface area contributed by atoms with E-state index in [2.05, 4.69) is 15.0 Å². The molecule has 0 radical (unpaired) electrons. The minimum Gasteiger partial charge on any atom is -0.339 e. The van der Waals surface area contributed by atoms with E-state index in [1.54, 1.807) is 48.0 Å². The number of nitrogens with one attached hydrogen (secondary N) is 2. The van der Waals surface area contributed by atoms with Crippen molar-refractivity contribution in [1.82, 2.24) is 9.88 Å². The number of likely N-dealkylation sites (tertiary alicyclic amines) is 1. The van der Waals surface area contributed by atoms with Crippen LogP contribution < -0.4 is 10.0 Å². The molecule has 0 unspecified atom stereocenters. The van der Waals surface area contributed by atoms with Gasteiger partial charge in [0.05, 0.1) is 10.5 Å². The Kier molecular flexibility index (Phi) is 5.93. The number of fused-ring (bicyclic) bond motifs is 1. The summed E-state index contributed by atoms with van der Waals surface area (Å²) < 4.78 is 28.7. The number of aromatic nitrogens is 1.